The first-order valence-corrected chi connectivity index (χ1v) is 13.1. The average Bonchev–Trinajstić information content (AvgIpc) is 2.89. The van der Waals surface area contributed by atoms with Crippen LogP contribution in [-0.4, -0.2) is 67.1 Å². The summed E-state index contributed by atoms with van der Waals surface area (Å²) in [5, 5.41) is 3.41. The molecule has 0 aliphatic carbocycles. The molecule has 2 aromatic rings. The molecular formula is C27H40ClN5O2. The number of carbonyl (C=O) groups is 1. The van der Waals surface area contributed by atoms with Gasteiger partial charge in [0.1, 0.15) is 5.75 Å². The van der Waals surface area contributed by atoms with E-state index in [-0.39, 0.29) is 5.91 Å². The smallest absolute Gasteiger partial charge is 0.255 e. The maximum Gasteiger partial charge on any atom is 0.255 e. The van der Waals surface area contributed by atoms with Crippen molar-refractivity contribution in [2.45, 2.75) is 45.6 Å². The number of anilines is 1. The molecule has 192 valence electrons. The van der Waals surface area contributed by atoms with Crippen LogP contribution in [-0.2, 0) is 6.54 Å². The Morgan fingerprint density at radius 1 is 1.23 bits per heavy atom. The van der Waals surface area contributed by atoms with E-state index in [1.807, 2.05) is 12.4 Å². The van der Waals surface area contributed by atoms with Crippen LogP contribution in [0.5, 0.6) is 5.75 Å². The third-order valence-corrected chi connectivity index (χ3v) is 7.20. The maximum absolute atomic E-state index is 12.7. The van der Waals surface area contributed by atoms with E-state index in [0.29, 0.717) is 34.5 Å². The van der Waals surface area contributed by atoms with Crippen LogP contribution in [0.1, 0.15) is 54.9 Å². The van der Waals surface area contributed by atoms with Gasteiger partial charge in [-0.1, -0.05) is 24.9 Å². The summed E-state index contributed by atoms with van der Waals surface area (Å²) in [4.78, 5) is 21.8. The van der Waals surface area contributed by atoms with E-state index in [1.54, 1.807) is 12.1 Å². The van der Waals surface area contributed by atoms with Gasteiger partial charge in [-0.25, -0.2) is 0 Å². The second-order valence-electron chi connectivity index (χ2n) is 9.35. The predicted octanol–water partition coefficient (Wildman–Crippen LogP) is 4.46. The highest BCUT2D eigenvalue weighted by Crippen LogP contribution is 2.29. The van der Waals surface area contributed by atoms with E-state index in [1.165, 1.54) is 31.9 Å². The molecule has 2 heterocycles. The Bertz CT molecular complexity index is 919. The fourth-order valence-corrected chi connectivity index (χ4v) is 4.77. The lowest BCUT2D eigenvalue weighted by Gasteiger charge is -2.32. The van der Waals surface area contributed by atoms with Gasteiger partial charge < -0.3 is 20.7 Å². The standard InChI is InChI=1S/C27H40ClN5O2/c1-3-32(20-22-7-11-30-12-8-22)13-5-4-6-14-33-15-9-21(10-16-33)19-31-27(34)23-17-24(28)25(29)18-26(23)35-2/h7-8,11-12,17-18,21H,3-6,9-10,13-16,19-20,29H2,1-2H3,(H,31,34). The normalized spacial score (nSPS) is 14.9. The molecule has 1 aliphatic heterocycles. The molecule has 3 rings (SSSR count). The molecule has 3 N–H and O–H groups in total. The third kappa shape index (κ3) is 8.67. The molecule has 1 aromatic heterocycles. The van der Waals surface area contributed by atoms with Crippen molar-refractivity contribution in [2.75, 3.05) is 52.1 Å². The van der Waals surface area contributed by atoms with Gasteiger partial charge in [-0.2, -0.15) is 0 Å². The number of methoxy groups -OCH3 is 1. The first kappa shape index (κ1) is 27.2. The average molecular weight is 502 g/mol. The molecule has 1 fully saturated rings. The summed E-state index contributed by atoms with van der Waals surface area (Å²) >= 11 is 6.10. The summed E-state index contributed by atoms with van der Waals surface area (Å²) in [5.74, 6) is 0.770. The number of carbonyl (C=O) groups excluding carboxylic acids is 1. The molecule has 1 saturated heterocycles. The second-order valence-corrected chi connectivity index (χ2v) is 9.76. The number of nitrogens with two attached hydrogens (primary N) is 1. The summed E-state index contributed by atoms with van der Waals surface area (Å²) in [7, 11) is 1.53. The number of unbranched alkanes of at least 4 members (excludes halogenated alkanes) is 2. The van der Waals surface area contributed by atoms with Crippen LogP contribution in [0, 0.1) is 5.92 Å². The number of pyridine rings is 1. The fraction of sp³-hybridized carbons (Fsp3) is 0.556. The first-order valence-electron chi connectivity index (χ1n) is 12.7. The van der Waals surface area contributed by atoms with E-state index in [0.717, 1.165) is 52.1 Å². The molecule has 35 heavy (non-hydrogen) atoms. The minimum absolute atomic E-state index is 0.170. The van der Waals surface area contributed by atoms with Gasteiger partial charge in [-0.15, -0.1) is 0 Å². The van der Waals surface area contributed by atoms with Crippen LogP contribution >= 0.6 is 11.6 Å². The summed E-state index contributed by atoms with van der Waals surface area (Å²) in [6, 6.07) is 7.37. The molecule has 1 aliphatic rings. The number of likely N-dealkylation sites (tertiary alicyclic amines) is 1. The number of amides is 1. The van der Waals surface area contributed by atoms with Crippen molar-refractivity contribution in [1.29, 1.82) is 0 Å². The molecule has 0 unspecified atom stereocenters. The maximum atomic E-state index is 12.7. The number of nitrogens with zero attached hydrogens (tertiary/aromatic N) is 3. The predicted molar refractivity (Wildman–Crippen MR) is 143 cm³/mol. The van der Waals surface area contributed by atoms with E-state index in [9.17, 15) is 4.79 Å². The largest absolute Gasteiger partial charge is 0.496 e. The molecule has 0 spiro atoms. The molecule has 1 amide bonds. The number of nitrogens with one attached hydrogen (secondary N) is 1. The van der Waals surface area contributed by atoms with Gasteiger partial charge in [0, 0.05) is 31.5 Å². The van der Waals surface area contributed by atoms with Crippen molar-refractivity contribution in [2.24, 2.45) is 5.92 Å². The molecule has 0 saturated carbocycles. The highest BCUT2D eigenvalue weighted by atomic mass is 35.5. The van der Waals surface area contributed by atoms with Gasteiger partial charge in [0.2, 0.25) is 0 Å². The minimum atomic E-state index is -0.170. The van der Waals surface area contributed by atoms with Crippen LogP contribution in [0.2, 0.25) is 5.02 Å². The number of halogens is 1. The Balaban J connectivity index is 1.29. The van der Waals surface area contributed by atoms with E-state index in [4.69, 9.17) is 22.1 Å². The Morgan fingerprint density at radius 3 is 2.66 bits per heavy atom. The molecule has 0 atom stereocenters. The topological polar surface area (TPSA) is 83.7 Å². The van der Waals surface area contributed by atoms with Crippen molar-refractivity contribution < 1.29 is 9.53 Å². The van der Waals surface area contributed by atoms with Gasteiger partial charge >= 0.3 is 0 Å². The van der Waals surface area contributed by atoms with Crippen LogP contribution in [0.15, 0.2) is 36.7 Å². The number of benzene rings is 1. The highest BCUT2D eigenvalue weighted by molar-refractivity contribution is 6.33. The van der Waals surface area contributed by atoms with Crippen molar-refractivity contribution in [3.8, 4) is 5.75 Å². The SMILES string of the molecule is CCN(CCCCCN1CCC(CNC(=O)c2cc(Cl)c(N)cc2OC)CC1)Cc1ccncc1. The summed E-state index contributed by atoms with van der Waals surface area (Å²) < 4.78 is 5.30. The van der Waals surface area contributed by atoms with Gasteiger partial charge in [0.25, 0.3) is 5.91 Å². The quantitative estimate of drug-likeness (QED) is 0.311. The van der Waals surface area contributed by atoms with Gasteiger partial charge in [-0.3, -0.25) is 14.7 Å². The van der Waals surface area contributed by atoms with Crippen molar-refractivity contribution in [3.05, 3.63) is 52.8 Å². The Morgan fingerprint density at radius 2 is 1.97 bits per heavy atom. The van der Waals surface area contributed by atoms with Crippen molar-refractivity contribution >= 4 is 23.2 Å². The fourth-order valence-electron chi connectivity index (χ4n) is 4.60. The van der Waals surface area contributed by atoms with Crippen molar-refractivity contribution in [1.82, 2.24) is 20.1 Å². The van der Waals surface area contributed by atoms with Crippen LogP contribution in [0.25, 0.3) is 0 Å². The number of hydrogen-bond donors (Lipinski definition) is 2. The number of piperidine rings is 1. The second kappa shape index (κ2) is 14.3. The van der Waals surface area contributed by atoms with Gasteiger partial charge in [0.05, 0.1) is 23.4 Å². The third-order valence-electron chi connectivity index (χ3n) is 6.87. The summed E-state index contributed by atoms with van der Waals surface area (Å²) in [5.41, 5.74) is 7.97. The molecule has 8 heteroatoms. The summed E-state index contributed by atoms with van der Waals surface area (Å²) in [6.45, 7) is 9.48. The van der Waals surface area contributed by atoms with Gasteiger partial charge in [0.15, 0.2) is 0 Å². The van der Waals surface area contributed by atoms with Crippen LogP contribution in [0.4, 0.5) is 5.69 Å². The minimum Gasteiger partial charge on any atom is -0.496 e. The zero-order chi connectivity index (χ0) is 25.0. The Hall–Kier alpha value is -2.35. The van der Waals surface area contributed by atoms with Crippen LogP contribution < -0.4 is 15.8 Å². The summed E-state index contributed by atoms with van der Waals surface area (Å²) in [6.07, 6.45) is 9.69. The zero-order valence-electron chi connectivity index (χ0n) is 21.1. The van der Waals surface area contributed by atoms with Gasteiger partial charge in [-0.05, 0) is 88.1 Å². The van der Waals surface area contributed by atoms with E-state index >= 15 is 0 Å². The number of nitrogen functional groups attached to an aromatic ring is 1. The molecule has 0 radical (unpaired) electrons. The first-order chi connectivity index (χ1) is 17.0. The lowest BCUT2D eigenvalue weighted by atomic mass is 9.96. The number of aromatic nitrogens is 1. The monoisotopic (exact) mass is 501 g/mol. The van der Waals surface area contributed by atoms with E-state index < -0.39 is 0 Å². The molecule has 0 bridgehead atoms. The van der Waals surface area contributed by atoms with Crippen LogP contribution in [0.3, 0.4) is 0 Å². The number of hydrogen-bond acceptors (Lipinski definition) is 6. The Kier molecular flexibility index (Phi) is 11.1. The highest BCUT2D eigenvalue weighted by Gasteiger charge is 2.21. The molecular weight excluding hydrogens is 462 g/mol. The molecule has 1 aromatic carbocycles. The number of ether oxygens (including phenoxy) is 1. The zero-order valence-corrected chi connectivity index (χ0v) is 21.9. The lowest BCUT2D eigenvalue weighted by Crippen LogP contribution is -2.39. The Labute approximate surface area is 215 Å². The van der Waals surface area contributed by atoms with Crippen molar-refractivity contribution in [3.63, 3.8) is 0 Å². The van der Waals surface area contributed by atoms with E-state index in [2.05, 4.69) is 39.2 Å². The number of rotatable bonds is 13. The lowest BCUT2D eigenvalue weighted by molar-refractivity contribution is 0.0933. The molecule has 7 nitrogen and oxygen atoms in total.